The molecule has 212 valence electrons. The van der Waals surface area contributed by atoms with E-state index in [-0.39, 0.29) is 23.2 Å². The molecule has 2 fully saturated rings. The van der Waals surface area contributed by atoms with E-state index in [1.165, 1.54) is 17.4 Å². The van der Waals surface area contributed by atoms with Crippen molar-refractivity contribution in [3.05, 3.63) is 74.7 Å². The van der Waals surface area contributed by atoms with Crippen molar-refractivity contribution in [3.8, 4) is 0 Å². The molecule has 0 spiro atoms. The third kappa shape index (κ3) is 6.78. The number of benzene rings is 2. The van der Waals surface area contributed by atoms with Gasteiger partial charge in [-0.05, 0) is 68.0 Å². The van der Waals surface area contributed by atoms with E-state index in [2.05, 4.69) is 10.3 Å². The first kappa shape index (κ1) is 28.4. The fraction of sp³-hybridized carbons (Fsp3) is 0.414. The van der Waals surface area contributed by atoms with Crippen LogP contribution < -0.4 is 10.2 Å². The number of likely N-dealkylation sites (tertiary alicyclic amines) is 1. The van der Waals surface area contributed by atoms with Gasteiger partial charge in [-0.2, -0.15) is 13.2 Å². The van der Waals surface area contributed by atoms with E-state index in [0.717, 1.165) is 61.5 Å². The molecule has 0 aliphatic carbocycles. The molecule has 2 saturated heterocycles. The average Bonchev–Trinajstić information content (AvgIpc) is 3.65. The van der Waals surface area contributed by atoms with Crippen molar-refractivity contribution in [1.82, 2.24) is 9.88 Å². The van der Waals surface area contributed by atoms with Crippen LogP contribution in [0.4, 0.5) is 24.5 Å². The number of alkyl halides is 3. The van der Waals surface area contributed by atoms with E-state index in [9.17, 15) is 22.8 Å². The monoisotopic (exact) mass is 590 g/mol. The number of halogens is 4. The van der Waals surface area contributed by atoms with Gasteiger partial charge in [0.25, 0.3) is 5.91 Å². The average molecular weight is 591 g/mol. The Morgan fingerprint density at radius 3 is 2.50 bits per heavy atom. The zero-order chi connectivity index (χ0) is 28.3. The maximum Gasteiger partial charge on any atom is 0.416 e. The number of aryl methyl sites for hydroxylation is 1. The molecule has 2 aliphatic rings. The van der Waals surface area contributed by atoms with Crippen molar-refractivity contribution in [1.29, 1.82) is 0 Å². The van der Waals surface area contributed by atoms with Crippen LogP contribution in [0.1, 0.15) is 64.6 Å². The van der Waals surface area contributed by atoms with Crippen molar-refractivity contribution >= 4 is 46.1 Å². The zero-order valence-corrected chi connectivity index (χ0v) is 23.4. The van der Waals surface area contributed by atoms with Crippen LogP contribution in [0.2, 0.25) is 5.02 Å². The minimum atomic E-state index is -4.51. The van der Waals surface area contributed by atoms with Gasteiger partial charge in [0.1, 0.15) is 5.69 Å². The van der Waals surface area contributed by atoms with E-state index in [4.69, 9.17) is 11.6 Å². The van der Waals surface area contributed by atoms with E-state index >= 15 is 0 Å². The molecule has 1 aromatic heterocycles. The molecule has 1 N–H and O–H groups in total. The molecule has 0 unspecified atom stereocenters. The van der Waals surface area contributed by atoms with Crippen LogP contribution in [0.25, 0.3) is 0 Å². The van der Waals surface area contributed by atoms with Crippen LogP contribution in [0.5, 0.6) is 0 Å². The zero-order valence-electron chi connectivity index (χ0n) is 21.8. The molecule has 3 aromatic rings. The van der Waals surface area contributed by atoms with Gasteiger partial charge >= 0.3 is 6.18 Å². The summed E-state index contributed by atoms with van der Waals surface area (Å²) in [6.45, 7) is 2.70. The van der Waals surface area contributed by atoms with Gasteiger partial charge < -0.3 is 15.1 Å². The predicted octanol–water partition coefficient (Wildman–Crippen LogP) is 7.01. The summed E-state index contributed by atoms with van der Waals surface area (Å²) in [5.74, 6) is -0.305. The number of amides is 2. The summed E-state index contributed by atoms with van der Waals surface area (Å²) < 4.78 is 40.2. The topological polar surface area (TPSA) is 65.5 Å². The van der Waals surface area contributed by atoms with Crippen molar-refractivity contribution in [3.63, 3.8) is 0 Å². The number of carbonyl (C=O) groups excluding carboxylic acids is 2. The molecule has 2 amide bonds. The molecule has 5 rings (SSSR count). The number of piperidine rings is 1. The Kier molecular flexibility index (Phi) is 8.65. The Bertz CT molecular complexity index is 1370. The smallest absolute Gasteiger partial charge is 0.370 e. The Morgan fingerprint density at radius 2 is 1.80 bits per heavy atom. The number of hydrogen-bond donors (Lipinski definition) is 1. The first-order chi connectivity index (χ1) is 19.2. The normalized spacial score (nSPS) is 16.4. The number of rotatable bonds is 7. The Labute approximate surface area is 240 Å². The van der Waals surface area contributed by atoms with Gasteiger partial charge in [0.2, 0.25) is 5.91 Å². The highest BCUT2D eigenvalue weighted by Gasteiger charge is 2.32. The molecule has 0 atom stereocenters. The van der Waals surface area contributed by atoms with Gasteiger partial charge in [0, 0.05) is 48.9 Å². The van der Waals surface area contributed by atoms with Crippen LogP contribution in [-0.2, 0) is 17.4 Å². The molecule has 6 nitrogen and oxygen atoms in total. The fourth-order valence-corrected chi connectivity index (χ4v) is 6.47. The second-order valence-electron chi connectivity index (χ2n) is 10.2. The Balaban J connectivity index is 1.19. The first-order valence-electron chi connectivity index (χ1n) is 13.4. The van der Waals surface area contributed by atoms with Crippen LogP contribution in [0.15, 0.2) is 47.8 Å². The molecular formula is C29H30ClF3N4O2S. The summed E-state index contributed by atoms with van der Waals surface area (Å²) in [5.41, 5.74) is 1.13. The van der Waals surface area contributed by atoms with Gasteiger partial charge in [-0.25, -0.2) is 4.98 Å². The quantitative estimate of drug-likeness (QED) is 0.322. The highest BCUT2D eigenvalue weighted by molar-refractivity contribution is 7.10. The molecule has 0 bridgehead atoms. The summed E-state index contributed by atoms with van der Waals surface area (Å²) in [4.78, 5) is 34.2. The second kappa shape index (κ2) is 12.2. The lowest BCUT2D eigenvalue weighted by Crippen LogP contribution is -2.38. The number of nitrogens with zero attached hydrogens (tertiary/aromatic N) is 3. The van der Waals surface area contributed by atoms with E-state index in [1.807, 2.05) is 34.1 Å². The van der Waals surface area contributed by atoms with E-state index in [1.54, 1.807) is 5.38 Å². The fourth-order valence-electron chi connectivity index (χ4n) is 5.29. The molecule has 2 aromatic carbocycles. The minimum Gasteiger partial charge on any atom is -0.370 e. The highest BCUT2D eigenvalue weighted by Crippen LogP contribution is 2.37. The first-order valence-corrected chi connectivity index (χ1v) is 14.7. The lowest BCUT2D eigenvalue weighted by atomic mass is 9.97. The number of anilines is 2. The SMILES string of the molecule is O=C(Nc1cc(C(F)(F)F)ccc1N1CCCC1)c1csc(C2CCN(C(=O)CCc3cccc(Cl)c3)CC2)n1. The number of nitrogens with one attached hydrogen (secondary N) is 1. The maximum absolute atomic E-state index is 13.4. The lowest BCUT2D eigenvalue weighted by Gasteiger charge is -2.31. The largest absolute Gasteiger partial charge is 0.416 e. The van der Waals surface area contributed by atoms with E-state index < -0.39 is 17.6 Å². The molecule has 40 heavy (non-hydrogen) atoms. The molecule has 2 aliphatic heterocycles. The standard InChI is InChI=1S/C29H30ClF3N4O2S/c30-22-5-3-4-19(16-22)6-9-26(38)37-14-10-20(11-15-37)28-35-24(18-40-28)27(39)34-23-17-21(29(31,32)33)7-8-25(23)36-12-1-2-13-36/h3-5,7-8,16-18,20H,1-2,6,9-15H2,(H,34,39). The number of carbonyl (C=O) groups is 2. The summed E-state index contributed by atoms with van der Waals surface area (Å²) in [5, 5.41) is 5.80. The van der Waals surface area contributed by atoms with Gasteiger partial charge in [-0.3, -0.25) is 9.59 Å². The highest BCUT2D eigenvalue weighted by atomic mass is 35.5. The van der Waals surface area contributed by atoms with Crippen LogP contribution >= 0.6 is 22.9 Å². The van der Waals surface area contributed by atoms with Crippen LogP contribution in [0, 0.1) is 0 Å². The molecular weight excluding hydrogens is 561 g/mol. The minimum absolute atomic E-state index is 0.104. The second-order valence-corrected chi connectivity index (χ2v) is 11.6. The van der Waals surface area contributed by atoms with E-state index in [0.29, 0.717) is 36.6 Å². The summed E-state index contributed by atoms with van der Waals surface area (Å²) in [7, 11) is 0. The molecule has 11 heteroatoms. The van der Waals surface area contributed by atoms with Crippen LogP contribution in [-0.4, -0.2) is 47.9 Å². The van der Waals surface area contributed by atoms with Crippen LogP contribution in [0.3, 0.4) is 0 Å². The lowest BCUT2D eigenvalue weighted by molar-refractivity contribution is -0.137. The maximum atomic E-state index is 13.4. The van der Waals surface area contributed by atoms with Crippen molar-refractivity contribution in [2.45, 2.75) is 50.6 Å². The number of hydrogen-bond acceptors (Lipinski definition) is 5. The number of thiazole rings is 1. The summed E-state index contributed by atoms with van der Waals surface area (Å²) in [6.07, 6.45) is -0.0692. The van der Waals surface area contributed by atoms with Gasteiger partial charge in [-0.1, -0.05) is 23.7 Å². The van der Waals surface area contributed by atoms with Crippen molar-refractivity contribution < 1.29 is 22.8 Å². The molecule has 3 heterocycles. The molecule has 0 saturated carbocycles. The third-order valence-electron chi connectivity index (χ3n) is 7.49. The van der Waals surface area contributed by atoms with Gasteiger partial charge in [0.05, 0.1) is 21.9 Å². The Morgan fingerprint density at radius 1 is 1.05 bits per heavy atom. The number of aromatic nitrogens is 1. The summed E-state index contributed by atoms with van der Waals surface area (Å²) >= 11 is 7.40. The van der Waals surface area contributed by atoms with Crippen molar-refractivity contribution in [2.24, 2.45) is 0 Å². The van der Waals surface area contributed by atoms with Gasteiger partial charge in [-0.15, -0.1) is 11.3 Å². The third-order valence-corrected chi connectivity index (χ3v) is 8.73. The van der Waals surface area contributed by atoms with Crippen molar-refractivity contribution in [2.75, 3.05) is 36.4 Å². The molecule has 0 radical (unpaired) electrons. The Hall–Kier alpha value is -3.11. The van der Waals surface area contributed by atoms with Gasteiger partial charge in [0.15, 0.2) is 0 Å². The predicted molar refractivity (Wildman–Crippen MR) is 151 cm³/mol. The summed E-state index contributed by atoms with van der Waals surface area (Å²) in [6, 6.07) is 11.0.